The van der Waals surface area contributed by atoms with Crippen LogP contribution in [0.5, 0.6) is 5.75 Å². The SMILES string of the molecule is C#CC1CCC(CCc2ccc(OCCCCCC)cc2)CC1. The molecule has 0 heterocycles. The van der Waals surface area contributed by atoms with Crippen LogP contribution in [0.1, 0.15) is 70.3 Å². The number of unbranched alkanes of at least 4 members (excludes halogenated alkanes) is 3. The Morgan fingerprint density at radius 2 is 1.78 bits per heavy atom. The van der Waals surface area contributed by atoms with Crippen molar-refractivity contribution in [1.82, 2.24) is 0 Å². The first-order valence-corrected chi connectivity index (χ1v) is 9.49. The van der Waals surface area contributed by atoms with Crippen molar-refractivity contribution in [3.63, 3.8) is 0 Å². The van der Waals surface area contributed by atoms with E-state index in [4.69, 9.17) is 11.2 Å². The Morgan fingerprint density at radius 3 is 2.43 bits per heavy atom. The third-order valence-electron chi connectivity index (χ3n) is 5.11. The summed E-state index contributed by atoms with van der Waals surface area (Å²) in [6.45, 7) is 3.08. The Balaban J connectivity index is 1.64. The van der Waals surface area contributed by atoms with Gasteiger partial charge in [-0.2, -0.15) is 0 Å². The number of hydrogen-bond acceptors (Lipinski definition) is 1. The lowest BCUT2D eigenvalue weighted by molar-refractivity contribution is 0.301. The van der Waals surface area contributed by atoms with Gasteiger partial charge in [-0.3, -0.25) is 0 Å². The summed E-state index contributed by atoms with van der Waals surface area (Å²) >= 11 is 0. The quantitative estimate of drug-likeness (QED) is 0.400. The van der Waals surface area contributed by atoms with Gasteiger partial charge in [-0.1, -0.05) is 38.3 Å². The van der Waals surface area contributed by atoms with Crippen LogP contribution in [0.3, 0.4) is 0 Å². The number of ether oxygens (including phenoxy) is 1. The van der Waals surface area contributed by atoms with Crippen molar-refractivity contribution < 1.29 is 4.74 Å². The summed E-state index contributed by atoms with van der Waals surface area (Å²) < 4.78 is 5.81. The molecule has 0 N–H and O–H groups in total. The molecule has 1 aliphatic carbocycles. The van der Waals surface area contributed by atoms with Crippen LogP contribution < -0.4 is 4.74 Å². The molecule has 0 amide bonds. The van der Waals surface area contributed by atoms with Crippen molar-refractivity contribution in [2.75, 3.05) is 6.61 Å². The van der Waals surface area contributed by atoms with Crippen molar-refractivity contribution >= 4 is 0 Å². The van der Waals surface area contributed by atoms with Crippen LogP contribution in [0.2, 0.25) is 0 Å². The van der Waals surface area contributed by atoms with Crippen LogP contribution >= 0.6 is 0 Å². The zero-order chi connectivity index (χ0) is 16.3. The van der Waals surface area contributed by atoms with Gasteiger partial charge in [0.25, 0.3) is 0 Å². The van der Waals surface area contributed by atoms with Gasteiger partial charge < -0.3 is 4.74 Å². The third-order valence-corrected chi connectivity index (χ3v) is 5.11. The Labute approximate surface area is 142 Å². The van der Waals surface area contributed by atoms with Crippen LogP contribution in [0.15, 0.2) is 24.3 Å². The molecule has 1 aromatic rings. The highest BCUT2D eigenvalue weighted by atomic mass is 16.5. The highest BCUT2D eigenvalue weighted by Gasteiger charge is 2.19. The number of benzene rings is 1. The van der Waals surface area contributed by atoms with Gasteiger partial charge in [0.1, 0.15) is 5.75 Å². The highest BCUT2D eigenvalue weighted by Crippen LogP contribution is 2.31. The largest absolute Gasteiger partial charge is 0.494 e. The maximum atomic E-state index is 5.81. The second kappa shape index (κ2) is 10.4. The van der Waals surface area contributed by atoms with Crippen molar-refractivity contribution in [3.05, 3.63) is 29.8 Å². The lowest BCUT2D eigenvalue weighted by atomic mass is 9.80. The van der Waals surface area contributed by atoms with E-state index in [0.29, 0.717) is 5.92 Å². The van der Waals surface area contributed by atoms with E-state index in [2.05, 4.69) is 37.1 Å². The molecule has 1 fully saturated rings. The second-order valence-electron chi connectivity index (χ2n) is 6.98. The van der Waals surface area contributed by atoms with Gasteiger partial charge >= 0.3 is 0 Å². The summed E-state index contributed by atoms with van der Waals surface area (Å²) in [7, 11) is 0. The van der Waals surface area contributed by atoms with Crippen molar-refractivity contribution in [2.45, 2.75) is 71.1 Å². The van der Waals surface area contributed by atoms with E-state index in [0.717, 1.165) is 24.7 Å². The minimum absolute atomic E-state index is 0.542. The van der Waals surface area contributed by atoms with Crippen LogP contribution in [-0.2, 0) is 6.42 Å². The lowest BCUT2D eigenvalue weighted by Crippen LogP contribution is -2.13. The molecule has 0 radical (unpaired) electrons. The molecule has 0 bridgehead atoms. The zero-order valence-corrected chi connectivity index (χ0v) is 14.7. The summed E-state index contributed by atoms with van der Waals surface area (Å²) in [4.78, 5) is 0. The third kappa shape index (κ3) is 6.69. The molecule has 0 aromatic heterocycles. The monoisotopic (exact) mass is 312 g/mol. The lowest BCUT2D eigenvalue weighted by Gasteiger charge is -2.25. The normalized spacial score (nSPS) is 20.9. The second-order valence-corrected chi connectivity index (χ2v) is 6.98. The van der Waals surface area contributed by atoms with E-state index in [1.807, 2.05) is 0 Å². The summed E-state index contributed by atoms with van der Waals surface area (Å²) in [5.74, 6) is 5.34. The minimum Gasteiger partial charge on any atom is -0.494 e. The maximum Gasteiger partial charge on any atom is 0.119 e. The first-order chi connectivity index (χ1) is 11.3. The highest BCUT2D eigenvalue weighted by molar-refractivity contribution is 5.27. The van der Waals surface area contributed by atoms with Gasteiger partial charge in [-0.25, -0.2) is 0 Å². The molecular formula is C22H32O. The van der Waals surface area contributed by atoms with E-state index in [1.54, 1.807) is 0 Å². The average Bonchev–Trinajstić information content (AvgIpc) is 2.61. The van der Waals surface area contributed by atoms with Gasteiger partial charge in [-0.05, 0) is 68.6 Å². The number of terminal acetylenes is 1. The molecule has 126 valence electrons. The first kappa shape index (κ1) is 17.9. The average molecular weight is 312 g/mol. The van der Waals surface area contributed by atoms with E-state index in [1.165, 1.54) is 63.4 Å². The van der Waals surface area contributed by atoms with Crippen molar-refractivity contribution in [3.8, 4) is 18.1 Å². The molecule has 0 aliphatic heterocycles. The van der Waals surface area contributed by atoms with Gasteiger partial charge in [0.2, 0.25) is 0 Å². The molecular weight excluding hydrogens is 280 g/mol. The molecule has 23 heavy (non-hydrogen) atoms. The number of aryl methyl sites for hydroxylation is 1. The molecule has 0 unspecified atom stereocenters. The molecule has 2 rings (SSSR count). The smallest absolute Gasteiger partial charge is 0.119 e. The predicted octanol–water partition coefficient (Wildman–Crippen LogP) is 6.02. The predicted molar refractivity (Wildman–Crippen MR) is 98.7 cm³/mol. The topological polar surface area (TPSA) is 9.23 Å². The minimum atomic E-state index is 0.542. The van der Waals surface area contributed by atoms with E-state index < -0.39 is 0 Å². The van der Waals surface area contributed by atoms with E-state index >= 15 is 0 Å². The van der Waals surface area contributed by atoms with Crippen LogP contribution in [-0.4, -0.2) is 6.61 Å². The molecule has 0 saturated heterocycles. The number of rotatable bonds is 9. The molecule has 1 nitrogen and oxygen atoms in total. The van der Waals surface area contributed by atoms with E-state index in [9.17, 15) is 0 Å². The summed E-state index contributed by atoms with van der Waals surface area (Å²) in [6.07, 6.45) is 18.1. The molecule has 1 heteroatoms. The Morgan fingerprint density at radius 1 is 1.04 bits per heavy atom. The van der Waals surface area contributed by atoms with Gasteiger partial charge in [-0.15, -0.1) is 12.3 Å². The Kier molecular flexibility index (Phi) is 8.08. The molecule has 1 aliphatic rings. The molecule has 1 saturated carbocycles. The first-order valence-electron chi connectivity index (χ1n) is 9.49. The molecule has 0 atom stereocenters. The zero-order valence-electron chi connectivity index (χ0n) is 14.7. The number of hydrogen-bond donors (Lipinski definition) is 0. The van der Waals surface area contributed by atoms with Crippen LogP contribution in [0, 0.1) is 24.2 Å². The fourth-order valence-corrected chi connectivity index (χ4v) is 3.46. The summed E-state index contributed by atoms with van der Waals surface area (Å²) in [5, 5.41) is 0. The molecule has 0 spiro atoms. The van der Waals surface area contributed by atoms with E-state index in [-0.39, 0.29) is 0 Å². The fourth-order valence-electron chi connectivity index (χ4n) is 3.46. The van der Waals surface area contributed by atoms with Crippen LogP contribution in [0.4, 0.5) is 0 Å². The van der Waals surface area contributed by atoms with Gasteiger partial charge in [0, 0.05) is 5.92 Å². The Bertz CT molecular complexity index is 460. The van der Waals surface area contributed by atoms with Gasteiger partial charge in [0.05, 0.1) is 6.61 Å². The maximum absolute atomic E-state index is 5.81. The standard InChI is InChI=1S/C22H32O/c1-3-5-6-7-18-23-22-16-14-21(15-17-22)13-12-20-10-8-19(4-2)9-11-20/h2,14-17,19-20H,3,5-13,18H2,1H3. The fraction of sp³-hybridized carbons (Fsp3) is 0.636. The molecule has 1 aromatic carbocycles. The summed E-state index contributed by atoms with van der Waals surface area (Å²) in [5.41, 5.74) is 1.43. The Hall–Kier alpha value is -1.42. The summed E-state index contributed by atoms with van der Waals surface area (Å²) in [6, 6.07) is 8.72. The van der Waals surface area contributed by atoms with Crippen molar-refractivity contribution in [1.29, 1.82) is 0 Å². The van der Waals surface area contributed by atoms with Gasteiger partial charge in [0.15, 0.2) is 0 Å². The van der Waals surface area contributed by atoms with Crippen molar-refractivity contribution in [2.24, 2.45) is 11.8 Å². The van der Waals surface area contributed by atoms with Crippen LogP contribution in [0.25, 0.3) is 0 Å².